The molecule has 0 unspecified atom stereocenters. The van der Waals surface area contributed by atoms with E-state index in [1.165, 1.54) is 6.07 Å². The van der Waals surface area contributed by atoms with Crippen molar-refractivity contribution in [1.29, 1.82) is 0 Å². The summed E-state index contributed by atoms with van der Waals surface area (Å²) < 4.78 is 5.64. The summed E-state index contributed by atoms with van der Waals surface area (Å²) >= 11 is 0. The highest BCUT2D eigenvalue weighted by atomic mass is 16.6. The first-order valence-electron chi connectivity index (χ1n) is 5.69. The van der Waals surface area contributed by atoms with Crippen LogP contribution in [0.25, 0.3) is 21.9 Å². The Bertz CT molecular complexity index is 880. The quantitative estimate of drug-likeness (QED) is 0.380. The van der Waals surface area contributed by atoms with E-state index in [2.05, 4.69) is 0 Å². The van der Waals surface area contributed by atoms with E-state index < -0.39 is 4.92 Å². The van der Waals surface area contributed by atoms with Gasteiger partial charge in [0.05, 0.1) is 10.3 Å². The van der Waals surface area contributed by atoms with Crippen LogP contribution in [0.3, 0.4) is 0 Å². The Morgan fingerprint density at radius 3 is 2.63 bits per heavy atom. The zero-order valence-corrected chi connectivity index (χ0v) is 10.0. The molecular formula is C14H9NO4. The smallest absolute Gasteiger partial charge is 0.284 e. The predicted molar refractivity (Wildman–Crippen MR) is 71.4 cm³/mol. The lowest BCUT2D eigenvalue weighted by molar-refractivity contribution is -0.383. The van der Waals surface area contributed by atoms with Gasteiger partial charge in [-0.25, -0.2) is 0 Å². The van der Waals surface area contributed by atoms with Crippen molar-refractivity contribution in [3.05, 3.63) is 62.3 Å². The third-order valence-electron chi connectivity index (χ3n) is 3.10. The van der Waals surface area contributed by atoms with Crippen molar-refractivity contribution < 1.29 is 9.34 Å². The molecule has 0 spiro atoms. The number of hydrogen-bond donors (Lipinski definition) is 0. The van der Waals surface area contributed by atoms with Crippen molar-refractivity contribution in [3.8, 4) is 0 Å². The van der Waals surface area contributed by atoms with Crippen LogP contribution >= 0.6 is 0 Å². The Morgan fingerprint density at radius 1 is 1.16 bits per heavy atom. The van der Waals surface area contributed by atoms with Crippen molar-refractivity contribution in [2.75, 3.05) is 0 Å². The van der Waals surface area contributed by atoms with Crippen LogP contribution in [0, 0.1) is 17.0 Å². The summed E-state index contributed by atoms with van der Waals surface area (Å²) in [4.78, 5) is 22.9. The maximum absolute atomic E-state index is 12.4. The highest BCUT2D eigenvalue weighted by molar-refractivity contribution is 5.96. The van der Waals surface area contributed by atoms with Crippen LogP contribution in [0.2, 0.25) is 0 Å². The topological polar surface area (TPSA) is 73.3 Å². The minimum absolute atomic E-state index is 0.0312. The lowest BCUT2D eigenvalue weighted by Gasteiger charge is -2.04. The molecule has 0 saturated carbocycles. The number of nitro benzene ring substituents is 1. The van der Waals surface area contributed by atoms with Crippen LogP contribution in [-0.2, 0) is 0 Å². The minimum atomic E-state index is -0.562. The van der Waals surface area contributed by atoms with Crippen LogP contribution in [0.1, 0.15) is 5.56 Å². The number of hydrogen-bond acceptors (Lipinski definition) is 4. The molecule has 19 heavy (non-hydrogen) atoms. The van der Waals surface area contributed by atoms with Gasteiger partial charge in [-0.1, -0.05) is 12.1 Å². The van der Waals surface area contributed by atoms with Gasteiger partial charge in [-0.2, -0.15) is 0 Å². The number of fused-ring (bicyclic) bond motifs is 2. The summed E-state index contributed by atoms with van der Waals surface area (Å²) in [6.07, 6.45) is 0. The summed E-state index contributed by atoms with van der Waals surface area (Å²) in [5, 5.41) is 11.4. The van der Waals surface area contributed by atoms with Gasteiger partial charge in [0.15, 0.2) is 0 Å². The Labute approximate surface area is 107 Å². The van der Waals surface area contributed by atoms with Gasteiger partial charge in [0.1, 0.15) is 16.6 Å². The second kappa shape index (κ2) is 3.91. The number of para-hydroxylation sites is 1. The SMILES string of the molecule is Cc1ccc([N+](=O)[O-])c2c(=O)c3ccccc3oc12. The number of nitro groups is 1. The van der Waals surface area contributed by atoms with Gasteiger partial charge < -0.3 is 4.42 Å². The van der Waals surface area contributed by atoms with E-state index in [-0.39, 0.29) is 22.1 Å². The van der Waals surface area contributed by atoms with Crippen LogP contribution in [0.5, 0.6) is 0 Å². The fourth-order valence-electron chi connectivity index (χ4n) is 2.17. The summed E-state index contributed by atoms with van der Waals surface area (Å²) in [7, 11) is 0. The minimum Gasteiger partial charge on any atom is -0.455 e. The fraction of sp³-hybridized carbons (Fsp3) is 0.0714. The zero-order valence-electron chi connectivity index (χ0n) is 10.0. The molecule has 0 aliphatic heterocycles. The Hall–Kier alpha value is -2.69. The van der Waals surface area contributed by atoms with E-state index in [0.29, 0.717) is 16.5 Å². The first-order chi connectivity index (χ1) is 9.09. The van der Waals surface area contributed by atoms with Crippen LogP contribution < -0.4 is 5.43 Å². The second-order valence-electron chi connectivity index (χ2n) is 4.29. The van der Waals surface area contributed by atoms with Gasteiger partial charge >= 0.3 is 0 Å². The molecule has 0 amide bonds. The predicted octanol–water partition coefficient (Wildman–Crippen LogP) is 3.16. The van der Waals surface area contributed by atoms with Crippen molar-refractivity contribution in [2.24, 2.45) is 0 Å². The van der Waals surface area contributed by atoms with Crippen LogP contribution in [-0.4, -0.2) is 4.92 Å². The highest BCUT2D eigenvalue weighted by Gasteiger charge is 2.19. The van der Waals surface area contributed by atoms with Gasteiger partial charge in [-0.3, -0.25) is 14.9 Å². The molecule has 0 aliphatic rings. The lowest BCUT2D eigenvalue weighted by Crippen LogP contribution is -2.05. The molecular weight excluding hydrogens is 246 g/mol. The van der Waals surface area contributed by atoms with E-state index in [9.17, 15) is 14.9 Å². The fourth-order valence-corrected chi connectivity index (χ4v) is 2.17. The highest BCUT2D eigenvalue weighted by Crippen LogP contribution is 2.28. The number of rotatable bonds is 1. The second-order valence-corrected chi connectivity index (χ2v) is 4.29. The largest absolute Gasteiger partial charge is 0.455 e. The van der Waals surface area contributed by atoms with Gasteiger partial charge in [0.2, 0.25) is 5.43 Å². The van der Waals surface area contributed by atoms with Crippen molar-refractivity contribution in [3.63, 3.8) is 0 Å². The van der Waals surface area contributed by atoms with Gasteiger partial charge in [-0.15, -0.1) is 0 Å². The molecule has 3 aromatic rings. The maximum atomic E-state index is 12.4. The van der Waals surface area contributed by atoms with Gasteiger partial charge in [0.25, 0.3) is 5.69 Å². The average Bonchev–Trinajstić information content (AvgIpc) is 2.40. The summed E-state index contributed by atoms with van der Waals surface area (Å²) in [5.41, 5.74) is 0.817. The van der Waals surface area contributed by atoms with E-state index in [1.807, 2.05) is 0 Å². The van der Waals surface area contributed by atoms with Gasteiger partial charge in [0, 0.05) is 6.07 Å². The van der Waals surface area contributed by atoms with E-state index in [0.717, 1.165) is 0 Å². The normalized spacial score (nSPS) is 11.0. The number of nitrogens with zero attached hydrogens (tertiary/aromatic N) is 1. The first-order valence-corrected chi connectivity index (χ1v) is 5.69. The Balaban J connectivity index is 2.65. The van der Waals surface area contributed by atoms with Crippen molar-refractivity contribution >= 4 is 27.6 Å². The number of non-ortho nitro benzene ring substituents is 1. The van der Waals surface area contributed by atoms with Gasteiger partial charge in [-0.05, 0) is 30.7 Å². The van der Waals surface area contributed by atoms with E-state index in [1.54, 1.807) is 37.3 Å². The number of benzene rings is 2. The maximum Gasteiger partial charge on any atom is 0.284 e. The van der Waals surface area contributed by atoms with E-state index >= 15 is 0 Å². The summed E-state index contributed by atoms with van der Waals surface area (Å²) in [6, 6.07) is 9.65. The molecule has 5 nitrogen and oxygen atoms in total. The lowest BCUT2D eigenvalue weighted by atomic mass is 10.1. The third-order valence-corrected chi connectivity index (χ3v) is 3.10. The molecule has 0 fully saturated rings. The molecule has 0 aliphatic carbocycles. The van der Waals surface area contributed by atoms with Crippen LogP contribution in [0.4, 0.5) is 5.69 Å². The zero-order chi connectivity index (χ0) is 13.6. The average molecular weight is 255 g/mol. The molecule has 1 heterocycles. The summed E-state index contributed by atoms with van der Waals surface area (Å²) in [6.45, 7) is 1.75. The molecule has 1 aromatic heterocycles. The summed E-state index contributed by atoms with van der Waals surface area (Å²) in [5.74, 6) is 0. The monoisotopic (exact) mass is 255 g/mol. The molecule has 0 saturated heterocycles. The Kier molecular flexibility index (Phi) is 2.35. The van der Waals surface area contributed by atoms with Crippen molar-refractivity contribution in [1.82, 2.24) is 0 Å². The molecule has 0 atom stereocenters. The molecule has 5 heteroatoms. The molecule has 0 N–H and O–H groups in total. The first kappa shape index (κ1) is 11.4. The standard InChI is InChI=1S/C14H9NO4/c1-8-6-7-10(15(17)18)12-13(16)9-4-2-3-5-11(9)19-14(8)12/h2-7H,1H3. The number of aryl methyl sites for hydroxylation is 1. The van der Waals surface area contributed by atoms with Crippen molar-refractivity contribution in [2.45, 2.75) is 6.92 Å². The Morgan fingerprint density at radius 2 is 1.89 bits per heavy atom. The molecule has 2 aromatic carbocycles. The molecule has 0 radical (unpaired) electrons. The molecule has 0 bridgehead atoms. The molecule has 94 valence electrons. The third kappa shape index (κ3) is 1.59. The van der Waals surface area contributed by atoms with E-state index in [4.69, 9.17) is 4.42 Å². The molecule has 3 rings (SSSR count). The van der Waals surface area contributed by atoms with Crippen LogP contribution in [0.15, 0.2) is 45.6 Å².